The van der Waals surface area contributed by atoms with Crippen LogP contribution in [0, 0.1) is 5.82 Å². The van der Waals surface area contributed by atoms with Crippen LogP contribution in [0.4, 0.5) is 10.1 Å². The Bertz CT molecular complexity index is 2870. The first kappa shape index (κ1) is 86.3. The van der Waals surface area contributed by atoms with Crippen LogP contribution in [0.25, 0.3) is 34.4 Å². The number of aliphatic hydroxyl groups is 1. The summed E-state index contributed by atoms with van der Waals surface area (Å²) >= 11 is 0.340. The molecule has 1 aromatic heterocycles. The molecule has 3 aromatic carbocycles. The van der Waals surface area contributed by atoms with E-state index in [-0.39, 0.29) is 23.6 Å². The number of aromatic hydroxyl groups is 1. The molecular formula is C74H123FIN6O8P. The van der Waals surface area contributed by atoms with Gasteiger partial charge in [0.2, 0.25) is 5.91 Å². The van der Waals surface area contributed by atoms with Crippen LogP contribution in [0.1, 0.15) is 216 Å². The monoisotopic (exact) mass is 1400 g/mol. The number of rotatable bonds is 24. The quantitative estimate of drug-likeness (QED) is 0.00995. The van der Waals surface area contributed by atoms with Gasteiger partial charge < -0.3 is 49.5 Å². The highest BCUT2D eigenvalue weighted by Crippen LogP contribution is 2.42. The highest BCUT2D eigenvalue weighted by Gasteiger charge is 2.45. The number of pyridine rings is 1. The minimum atomic E-state index is -0.834. The highest BCUT2D eigenvalue weighted by molar-refractivity contribution is 14.2. The molecule has 7 rings (SSSR count). The third-order valence-corrected chi connectivity index (χ3v) is 16.8. The molecule has 91 heavy (non-hydrogen) atoms. The number of piperidine rings is 1. The van der Waals surface area contributed by atoms with Gasteiger partial charge in [0.1, 0.15) is 36.5 Å². The molecule has 4 heterocycles. The number of phenolic OH excluding ortho intramolecular Hbond substituents is 1. The first-order valence-corrected chi connectivity index (χ1v) is 38.0. The summed E-state index contributed by atoms with van der Waals surface area (Å²) in [6.07, 6.45) is 18.6. The van der Waals surface area contributed by atoms with E-state index in [1.54, 1.807) is 45.5 Å². The predicted octanol–water partition coefficient (Wildman–Crippen LogP) is 14.8. The van der Waals surface area contributed by atoms with Gasteiger partial charge in [0.05, 0.1) is 31.1 Å². The van der Waals surface area contributed by atoms with Crippen molar-refractivity contribution in [3.63, 3.8) is 0 Å². The second kappa shape index (κ2) is 48.1. The van der Waals surface area contributed by atoms with Gasteiger partial charge in [-0.25, -0.2) is 4.39 Å². The van der Waals surface area contributed by atoms with Crippen LogP contribution >= 0.6 is 30.0 Å². The number of hydrogen-bond acceptors (Lipinski definition) is 13. The molecule has 17 heteroatoms. The van der Waals surface area contributed by atoms with Gasteiger partial charge in [0.15, 0.2) is 5.90 Å². The maximum atomic E-state index is 14.7. The zero-order valence-corrected chi connectivity index (χ0v) is 63.0. The number of aliphatic imine (C=N–C) groups is 1. The van der Waals surface area contributed by atoms with E-state index in [1.165, 1.54) is 62.3 Å². The van der Waals surface area contributed by atoms with E-state index >= 15 is 0 Å². The molecule has 3 fully saturated rings. The third kappa shape index (κ3) is 27.6. The van der Waals surface area contributed by atoms with Crippen LogP contribution in [-0.2, 0) is 41.4 Å². The Morgan fingerprint density at radius 1 is 0.967 bits per heavy atom. The number of carbonyl (C=O) groups is 3. The fourth-order valence-electron chi connectivity index (χ4n) is 11.7. The van der Waals surface area contributed by atoms with Crippen molar-refractivity contribution in [1.82, 2.24) is 20.1 Å². The van der Waals surface area contributed by atoms with E-state index in [9.17, 15) is 24.2 Å². The van der Waals surface area contributed by atoms with Gasteiger partial charge in [-0.1, -0.05) is 132 Å². The van der Waals surface area contributed by atoms with Gasteiger partial charge >= 0.3 is 0 Å². The summed E-state index contributed by atoms with van der Waals surface area (Å²) in [5.74, 6) is 1.11. The fourth-order valence-corrected chi connectivity index (χ4v) is 12.1. The van der Waals surface area contributed by atoms with Crippen molar-refractivity contribution >= 4 is 93.5 Å². The number of aromatic nitrogens is 1. The van der Waals surface area contributed by atoms with Gasteiger partial charge in [-0.2, -0.15) is 4.99 Å². The molecule has 0 radical (unpaired) electrons. The smallest absolute Gasteiger partial charge is 0.242 e. The van der Waals surface area contributed by atoms with Crippen molar-refractivity contribution in [2.75, 3.05) is 63.9 Å². The van der Waals surface area contributed by atoms with Crippen molar-refractivity contribution in [2.24, 2.45) is 4.99 Å². The third-order valence-electron chi connectivity index (χ3n) is 16.2. The van der Waals surface area contributed by atoms with Gasteiger partial charge in [0, 0.05) is 86.2 Å². The number of fused-ring (bicyclic) bond motifs is 2. The van der Waals surface area contributed by atoms with Crippen molar-refractivity contribution < 1.29 is 43.2 Å². The first-order valence-electron chi connectivity index (χ1n) is 33.7. The molecular weight excluding hydrogens is 1280 g/mol. The number of amides is 1. The van der Waals surface area contributed by atoms with Crippen molar-refractivity contribution in [2.45, 2.75) is 242 Å². The number of likely N-dealkylation sites (tertiary alicyclic amines) is 1. The average Bonchev–Trinajstić information content (AvgIpc) is 0.984. The highest BCUT2D eigenvalue weighted by atomic mass is 127. The number of phenols is 1. The zero-order valence-electron chi connectivity index (χ0n) is 59.6. The summed E-state index contributed by atoms with van der Waals surface area (Å²) in [7, 11) is 5.90. The molecule has 4 N–H and O–H groups in total. The summed E-state index contributed by atoms with van der Waals surface area (Å²) in [6, 6.07) is 12.8. The Morgan fingerprint density at radius 2 is 1.63 bits per heavy atom. The Labute approximate surface area is 562 Å². The normalized spacial score (nSPS) is 18.3. The van der Waals surface area contributed by atoms with Crippen LogP contribution in [0.3, 0.4) is 0 Å². The lowest BCUT2D eigenvalue weighted by molar-refractivity contribution is -0.121. The average molecular weight is 1400 g/mol. The molecule has 0 spiro atoms. The number of nitrogens with zero attached hydrogens (tertiary/aromatic N) is 4. The molecule has 0 bridgehead atoms. The van der Waals surface area contributed by atoms with E-state index in [0.717, 1.165) is 92.9 Å². The second-order valence-electron chi connectivity index (χ2n) is 23.2. The summed E-state index contributed by atoms with van der Waals surface area (Å²) in [5, 5.41) is 30.9. The van der Waals surface area contributed by atoms with Crippen LogP contribution in [0.15, 0.2) is 53.7 Å². The number of halogens is 2. The molecule has 4 aromatic rings. The Kier molecular flexibility index (Phi) is 45.6. The van der Waals surface area contributed by atoms with E-state index in [1.807, 2.05) is 73.1 Å². The molecule has 4 unspecified atom stereocenters. The van der Waals surface area contributed by atoms with Crippen molar-refractivity contribution in [3.8, 4) is 17.0 Å². The standard InChI is InChI=1S/C33H55N3O4.C28H33FN3O3P.C4H10.C2H5I.3C2H6.CH2O/c1-6-11-28(17-23-39-24-27-16-19-33(4)18-10-20-36(27)33)40-22-9-13-26-12-7-14-29(31(26)25(2)3)35-30(15-8-21-37)32(38)34-5;1-6-20-23(29)9-8-18-12-19(33)13-21(24(18)20)25-26(36)16(2)22(14-30-25)27(31-17(3)35-5)32-11-7-10-28(4,34)15-32;1-3-4-2;1-3-2;4*1-2/h7,12,14,21,25,27-28,30,35H,6,8-11,13,15-20,22-24H2,1-5H3,(H,34,38);8-9,12-14,33-34H,2,6-7,10-11,15,36H2,1,3-5H3;3-4H2,1-2H3;1H2,2H3;3*1-2H3;1H2/b;27-22+,31-17+;;;;;;/t27?,28?,30?,33-;28-;;;;;;/m01....../s1. The molecule has 3 aliphatic heterocycles. The predicted molar refractivity (Wildman–Crippen MR) is 399 cm³/mol. The topological polar surface area (TPSA) is 175 Å². The minimum absolute atomic E-state index is 0.0789. The molecule has 516 valence electrons. The summed E-state index contributed by atoms with van der Waals surface area (Å²) in [5.41, 5.74) is 4.90. The van der Waals surface area contributed by atoms with Crippen molar-refractivity contribution in [3.05, 3.63) is 81.6 Å². The molecule has 14 nitrogen and oxygen atoms in total. The molecule has 0 saturated carbocycles. The largest absolute Gasteiger partial charge is 0.508 e. The molecule has 6 atom stereocenters. The fraction of sp³-hybridized carbons (Fsp3) is 0.622. The second-order valence-corrected chi connectivity index (χ2v) is 25.3. The zero-order chi connectivity index (χ0) is 69.3. The van der Waals surface area contributed by atoms with E-state index in [4.69, 9.17) is 29.0 Å². The Hall–Kier alpha value is -4.71. The maximum absolute atomic E-state index is 14.7. The van der Waals surface area contributed by atoms with Crippen LogP contribution < -0.4 is 26.4 Å². The number of ether oxygens (including phenoxy) is 3. The van der Waals surface area contributed by atoms with Crippen LogP contribution in [0.2, 0.25) is 0 Å². The van der Waals surface area contributed by atoms with Gasteiger partial charge in [-0.15, -0.1) is 30.0 Å². The van der Waals surface area contributed by atoms with Crippen LogP contribution in [0.5, 0.6) is 5.75 Å². The molecule has 3 saturated heterocycles. The van der Waals surface area contributed by atoms with E-state index in [2.05, 4.69) is 94.5 Å². The Balaban J connectivity index is 0.00000147. The number of aryl methyl sites for hydroxylation is 2. The Morgan fingerprint density at radius 3 is 2.21 bits per heavy atom. The number of carbonyl (C=O) groups excluding carboxylic acids is 3. The lowest BCUT2D eigenvalue weighted by atomic mass is 9.92. The number of methoxy groups -OCH3 is 1. The van der Waals surface area contributed by atoms with Crippen LogP contribution in [-0.4, -0.2) is 142 Å². The molecule has 1 amide bonds. The van der Waals surface area contributed by atoms with Crippen molar-refractivity contribution in [1.29, 1.82) is 0 Å². The number of likely N-dealkylation sites (N-methyl/N-ethyl adjacent to an activating group) is 1. The summed E-state index contributed by atoms with van der Waals surface area (Å²) < 4.78 is 36.2. The van der Waals surface area contributed by atoms with Gasteiger partial charge in [0.25, 0.3) is 0 Å². The molecule has 0 aliphatic carbocycles. The number of unbranched alkanes of at least 4 members (excludes halogenated alkanes) is 1. The number of aldehydes is 1. The first-order chi connectivity index (χ1) is 43.7. The van der Waals surface area contributed by atoms with E-state index in [0.29, 0.717) is 109 Å². The minimum Gasteiger partial charge on any atom is -0.508 e. The van der Waals surface area contributed by atoms with Gasteiger partial charge in [-0.05, 0) is 165 Å². The lowest BCUT2D eigenvalue weighted by Crippen LogP contribution is -2.48. The number of hydrogen-bond donors (Lipinski definition) is 4. The number of β-amino-alcohol motifs (C(OH)–C–C–N with tert-alkyl or cyclic N) is 1. The molecule has 3 aliphatic rings. The maximum Gasteiger partial charge on any atom is 0.242 e. The van der Waals surface area contributed by atoms with E-state index < -0.39 is 11.6 Å². The number of benzene rings is 3. The summed E-state index contributed by atoms with van der Waals surface area (Å²) in [6.45, 7) is 42.0. The summed E-state index contributed by atoms with van der Waals surface area (Å²) in [4.78, 5) is 47.7. The van der Waals surface area contributed by atoms with Gasteiger partial charge in [-0.3, -0.25) is 14.7 Å². The number of nitrogens with one attached hydrogen (secondary N) is 2. The number of anilines is 1. The lowest BCUT2D eigenvalue weighted by Gasteiger charge is -2.38. The SMILES string of the molecule is C=IC.C=O.C=c1c(P)c(-c2cc(O)cc3ccc(F)c(CC)c23)nc/c1=C(/N=C(\C)OC)N1CCC[C@@](C)(O)C1.CC.CC.CC.CCCC.CCCC(CCOCC1CC[C@]2(C)CCCN12)OCCCc1cccc(NC(CCC=O)C(=O)NC)c1C(C)C. The number of alkyl halides is 1.